The second kappa shape index (κ2) is 14.3. The summed E-state index contributed by atoms with van der Waals surface area (Å²) in [6, 6.07) is 15.6. The maximum atomic E-state index is 14.7. The third kappa shape index (κ3) is 7.07. The van der Waals surface area contributed by atoms with Gasteiger partial charge in [0.1, 0.15) is 5.82 Å². The van der Waals surface area contributed by atoms with Crippen LogP contribution in [0.15, 0.2) is 60.7 Å². The number of carbonyl (C=O) groups excluding carboxylic acids is 4. The van der Waals surface area contributed by atoms with Crippen LogP contribution in [0.2, 0.25) is 5.02 Å². The van der Waals surface area contributed by atoms with Crippen LogP contribution in [0.3, 0.4) is 0 Å². The predicted octanol–water partition coefficient (Wildman–Crippen LogP) is 7.05. The Morgan fingerprint density at radius 1 is 0.891 bits per heavy atom. The number of anilines is 1. The van der Waals surface area contributed by atoms with Crippen LogP contribution >= 0.6 is 11.6 Å². The monoisotopic (exact) mass is 644 g/mol. The minimum atomic E-state index is -0.734. The zero-order chi connectivity index (χ0) is 32.8. The molecule has 0 aliphatic heterocycles. The van der Waals surface area contributed by atoms with E-state index < -0.39 is 36.2 Å². The molecule has 4 aromatic rings. The quantitative estimate of drug-likeness (QED) is 0.152. The highest BCUT2D eigenvalue weighted by Gasteiger charge is 2.27. The van der Waals surface area contributed by atoms with Gasteiger partial charge in [-0.05, 0) is 86.7 Å². The fourth-order valence-corrected chi connectivity index (χ4v) is 5.51. The third-order valence-electron chi connectivity index (χ3n) is 7.27. The first-order valence-electron chi connectivity index (χ1n) is 14.7. The summed E-state index contributed by atoms with van der Waals surface area (Å²) in [6.45, 7) is 2.85. The SMILES string of the molecule is CCOC(=O)c1cc(NC(=O)COC(=O)c2c3c(nc4ccccc24)/C(=C\c2c(F)cccc2Cl)CCC3)cc(C(=O)OCC)c1. The van der Waals surface area contributed by atoms with E-state index in [0.29, 0.717) is 41.4 Å². The Balaban J connectivity index is 1.42. The molecule has 3 aromatic carbocycles. The van der Waals surface area contributed by atoms with Gasteiger partial charge in [-0.2, -0.15) is 0 Å². The van der Waals surface area contributed by atoms with Crippen molar-refractivity contribution in [3.63, 3.8) is 0 Å². The van der Waals surface area contributed by atoms with Crippen molar-refractivity contribution in [1.82, 2.24) is 4.98 Å². The van der Waals surface area contributed by atoms with Gasteiger partial charge in [0.15, 0.2) is 6.61 Å². The Bertz CT molecular complexity index is 1830. The molecule has 0 fully saturated rings. The first-order valence-corrected chi connectivity index (χ1v) is 15.1. The van der Waals surface area contributed by atoms with Crippen LogP contribution in [-0.2, 0) is 25.4 Å². The number of fused-ring (bicyclic) bond motifs is 2. The van der Waals surface area contributed by atoms with Gasteiger partial charge in [-0.1, -0.05) is 35.9 Å². The molecule has 0 spiro atoms. The normalized spacial score (nSPS) is 13.2. The van der Waals surface area contributed by atoms with Gasteiger partial charge in [-0.15, -0.1) is 0 Å². The molecule has 1 N–H and O–H groups in total. The number of rotatable bonds is 9. The number of pyridine rings is 1. The molecular formula is C35H30ClFN2O7. The fourth-order valence-electron chi connectivity index (χ4n) is 5.30. The van der Waals surface area contributed by atoms with Crippen molar-refractivity contribution in [3.8, 4) is 0 Å². The summed E-state index contributed by atoms with van der Waals surface area (Å²) in [5.41, 5.74) is 3.14. The van der Waals surface area contributed by atoms with E-state index in [4.69, 9.17) is 30.8 Å². The molecule has 1 aromatic heterocycles. The molecule has 1 aliphatic carbocycles. The molecule has 11 heteroatoms. The van der Waals surface area contributed by atoms with E-state index in [1.54, 1.807) is 50.3 Å². The third-order valence-corrected chi connectivity index (χ3v) is 7.60. The lowest BCUT2D eigenvalue weighted by atomic mass is 9.86. The van der Waals surface area contributed by atoms with Gasteiger partial charge in [0.25, 0.3) is 5.91 Å². The number of hydrogen-bond acceptors (Lipinski definition) is 8. The molecule has 0 saturated heterocycles. The standard InChI is InChI=1S/C35H30ClFN2O7/c1-3-44-33(41)21-15-22(34(42)45-4-2)17-23(16-21)38-30(40)19-46-35(43)31-24-10-5-6-14-29(24)39-32-20(9-7-11-25(31)32)18-26-27(36)12-8-13-28(26)37/h5-6,8,10,12-18H,3-4,7,9,11,19H2,1-2H3,(H,38,40)/b20-18-. The summed E-state index contributed by atoms with van der Waals surface area (Å²) >= 11 is 6.30. The van der Waals surface area contributed by atoms with Gasteiger partial charge in [-0.3, -0.25) is 4.79 Å². The summed E-state index contributed by atoms with van der Waals surface area (Å²) in [7, 11) is 0. The van der Waals surface area contributed by atoms with E-state index in [-0.39, 0.29) is 46.2 Å². The van der Waals surface area contributed by atoms with Crippen molar-refractivity contribution < 1.29 is 37.8 Å². The zero-order valence-electron chi connectivity index (χ0n) is 25.2. The number of nitrogens with zero attached hydrogens (tertiary/aromatic N) is 1. The van der Waals surface area contributed by atoms with Crippen LogP contribution in [0.5, 0.6) is 0 Å². The molecule has 1 heterocycles. The van der Waals surface area contributed by atoms with Crippen LogP contribution in [0.25, 0.3) is 22.6 Å². The topological polar surface area (TPSA) is 121 Å². The highest BCUT2D eigenvalue weighted by atomic mass is 35.5. The highest BCUT2D eigenvalue weighted by molar-refractivity contribution is 6.32. The van der Waals surface area contributed by atoms with Gasteiger partial charge in [0.2, 0.25) is 0 Å². The summed E-state index contributed by atoms with van der Waals surface area (Å²) in [4.78, 5) is 56.2. The number of para-hydroxylation sites is 1. The van der Waals surface area contributed by atoms with Gasteiger partial charge in [0.05, 0.1) is 46.1 Å². The number of halogens is 2. The lowest BCUT2D eigenvalue weighted by Gasteiger charge is -2.22. The molecule has 46 heavy (non-hydrogen) atoms. The molecule has 1 amide bonds. The van der Waals surface area contributed by atoms with Gasteiger partial charge < -0.3 is 19.5 Å². The molecule has 1 aliphatic rings. The van der Waals surface area contributed by atoms with Crippen LogP contribution in [0, 0.1) is 5.82 Å². The molecule has 236 valence electrons. The minimum absolute atomic E-state index is 0.0371. The molecule has 0 radical (unpaired) electrons. The van der Waals surface area contributed by atoms with Crippen LogP contribution in [0.1, 0.15) is 74.6 Å². The molecule has 5 rings (SSSR count). The number of aromatic nitrogens is 1. The van der Waals surface area contributed by atoms with Crippen molar-refractivity contribution in [1.29, 1.82) is 0 Å². The van der Waals surface area contributed by atoms with E-state index in [0.717, 1.165) is 5.57 Å². The van der Waals surface area contributed by atoms with E-state index >= 15 is 0 Å². The average molecular weight is 645 g/mol. The number of nitrogens with one attached hydrogen (secondary N) is 1. The van der Waals surface area contributed by atoms with Crippen molar-refractivity contribution in [2.45, 2.75) is 33.1 Å². The number of esters is 3. The molecule has 0 unspecified atom stereocenters. The van der Waals surface area contributed by atoms with Gasteiger partial charge >= 0.3 is 17.9 Å². The van der Waals surface area contributed by atoms with Crippen LogP contribution in [-0.4, -0.2) is 48.6 Å². The molecular weight excluding hydrogens is 615 g/mol. The fraction of sp³-hybridized carbons (Fsp3) is 0.229. The lowest BCUT2D eigenvalue weighted by molar-refractivity contribution is -0.119. The Morgan fingerprint density at radius 3 is 2.26 bits per heavy atom. The number of benzene rings is 3. The van der Waals surface area contributed by atoms with Crippen LogP contribution in [0.4, 0.5) is 10.1 Å². The Labute approximate surface area is 269 Å². The second-order valence-electron chi connectivity index (χ2n) is 10.4. The summed E-state index contributed by atoms with van der Waals surface area (Å²) in [5.74, 6) is -3.28. The maximum absolute atomic E-state index is 14.7. The largest absolute Gasteiger partial charge is 0.462 e. The Morgan fingerprint density at radius 2 is 1.59 bits per heavy atom. The van der Waals surface area contributed by atoms with Crippen LogP contribution < -0.4 is 5.32 Å². The minimum Gasteiger partial charge on any atom is -0.462 e. The lowest BCUT2D eigenvalue weighted by Crippen LogP contribution is -2.23. The average Bonchev–Trinajstić information content (AvgIpc) is 3.04. The van der Waals surface area contributed by atoms with E-state index in [1.807, 2.05) is 0 Å². The van der Waals surface area contributed by atoms with E-state index in [9.17, 15) is 23.6 Å². The van der Waals surface area contributed by atoms with Crippen molar-refractivity contribution in [2.75, 3.05) is 25.1 Å². The highest BCUT2D eigenvalue weighted by Crippen LogP contribution is 2.37. The smallest absolute Gasteiger partial charge is 0.339 e. The Kier molecular flexibility index (Phi) is 10.1. The number of hydrogen-bond donors (Lipinski definition) is 1. The van der Waals surface area contributed by atoms with Crippen molar-refractivity contribution >= 4 is 63.7 Å². The van der Waals surface area contributed by atoms with Gasteiger partial charge in [0, 0.05) is 16.6 Å². The second-order valence-corrected chi connectivity index (χ2v) is 10.8. The molecule has 0 bridgehead atoms. The molecule has 9 nitrogen and oxygen atoms in total. The van der Waals surface area contributed by atoms with Crippen molar-refractivity contribution in [2.24, 2.45) is 0 Å². The molecule has 0 saturated carbocycles. The van der Waals surface area contributed by atoms with Crippen molar-refractivity contribution in [3.05, 3.63) is 105 Å². The number of amides is 1. The summed E-state index contributed by atoms with van der Waals surface area (Å²) < 4.78 is 30.2. The maximum Gasteiger partial charge on any atom is 0.339 e. The van der Waals surface area contributed by atoms with E-state index in [2.05, 4.69) is 5.32 Å². The predicted molar refractivity (Wildman–Crippen MR) is 171 cm³/mol. The first kappa shape index (κ1) is 32.3. The Hall–Kier alpha value is -5.09. The number of allylic oxidation sites excluding steroid dienone is 1. The number of ether oxygens (including phenoxy) is 3. The van der Waals surface area contributed by atoms with Gasteiger partial charge in [-0.25, -0.2) is 23.8 Å². The summed E-state index contributed by atoms with van der Waals surface area (Å²) in [6.07, 6.45) is 3.45. The molecule has 0 atom stereocenters. The zero-order valence-corrected chi connectivity index (χ0v) is 25.9. The van der Waals surface area contributed by atoms with E-state index in [1.165, 1.54) is 30.3 Å². The number of carbonyl (C=O) groups is 4. The summed E-state index contributed by atoms with van der Waals surface area (Å²) in [5, 5.41) is 3.38. The first-order chi connectivity index (χ1) is 22.2.